The molecule has 1 aromatic carbocycles. The summed E-state index contributed by atoms with van der Waals surface area (Å²) in [5, 5.41) is 3.09. The van der Waals surface area contributed by atoms with Gasteiger partial charge in [-0.2, -0.15) is 0 Å². The molecule has 0 fully saturated rings. The van der Waals surface area contributed by atoms with Gasteiger partial charge in [0.2, 0.25) is 5.91 Å². The zero-order chi connectivity index (χ0) is 13.8. The summed E-state index contributed by atoms with van der Waals surface area (Å²) in [4.78, 5) is 10.9. The monoisotopic (exact) mass is 270 g/mol. The van der Waals surface area contributed by atoms with Crippen molar-refractivity contribution in [3.8, 4) is 0 Å². The Bertz CT molecular complexity index is 526. The fourth-order valence-electron chi connectivity index (χ4n) is 1.76. The van der Waals surface area contributed by atoms with Crippen LogP contribution in [0.5, 0.6) is 0 Å². The highest BCUT2D eigenvalue weighted by Crippen LogP contribution is 2.16. The van der Waals surface area contributed by atoms with Crippen LogP contribution in [0.3, 0.4) is 0 Å². The minimum atomic E-state index is -3.03. The number of nitrogens with one attached hydrogen (secondary N) is 1. The van der Waals surface area contributed by atoms with Crippen molar-refractivity contribution in [2.45, 2.75) is 19.4 Å². The summed E-state index contributed by atoms with van der Waals surface area (Å²) in [6.45, 7) is 1.78. The Morgan fingerprint density at radius 3 is 2.56 bits per heavy atom. The molecule has 18 heavy (non-hydrogen) atoms. The van der Waals surface area contributed by atoms with Gasteiger partial charge in [0.1, 0.15) is 9.84 Å². The zero-order valence-electron chi connectivity index (χ0n) is 10.5. The van der Waals surface area contributed by atoms with E-state index in [9.17, 15) is 13.2 Å². The topological polar surface area (TPSA) is 89.3 Å². The van der Waals surface area contributed by atoms with Gasteiger partial charge in [-0.1, -0.05) is 18.2 Å². The molecule has 0 aliphatic heterocycles. The molecule has 5 nitrogen and oxygen atoms in total. The molecule has 0 saturated carbocycles. The van der Waals surface area contributed by atoms with Crippen LogP contribution in [0.1, 0.15) is 12.5 Å². The van der Waals surface area contributed by atoms with E-state index in [4.69, 9.17) is 5.73 Å². The highest BCUT2D eigenvalue weighted by molar-refractivity contribution is 7.90. The third kappa shape index (κ3) is 5.18. The van der Waals surface area contributed by atoms with Gasteiger partial charge >= 0.3 is 0 Å². The van der Waals surface area contributed by atoms with Crippen LogP contribution in [-0.2, 0) is 21.1 Å². The van der Waals surface area contributed by atoms with Crippen LogP contribution in [0.2, 0.25) is 0 Å². The molecule has 0 heterocycles. The van der Waals surface area contributed by atoms with Gasteiger partial charge in [0.05, 0.1) is 12.2 Å². The average molecular weight is 270 g/mol. The molecule has 0 aromatic heterocycles. The van der Waals surface area contributed by atoms with Crippen LogP contribution in [0, 0.1) is 0 Å². The largest absolute Gasteiger partial charge is 0.381 e. The highest BCUT2D eigenvalue weighted by Gasteiger charge is 2.12. The van der Waals surface area contributed by atoms with Crippen molar-refractivity contribution >= 4 is 21.4 Å². The number of carbonyl (C=O) groups excluding carboxylic acids is 1. The van der Waals surface area contributed by atoms with Gasteiger partial charge in [0.25, 0.3) is 0 Å². The molecule has 0 aliphatic rings. The van der Waals surface area contributed by atoms with E-state index in [2.05, 4.69) is 5.32 Å². The maximum Gasteiger partial charge on any atom is 0.221 e. The number of sulfone groups is 1. The molecule has 0 radical (unpaired) electrons. The SMILES string of the molecule is CC(CS(C)(=O)=O)Nc1ccccc1CC(N)=O. The standard InChI is InChI=1S/C12H18N2O3S/c1-9(8-18(2,16)17)14-11-6-4-3-5-10(11)7-12(13)15/h3-6,9,14H,7-8H2,1-2H3,(H2,13,15). The van der Waals surface area contributed by atoms with E-state index in [0.717, 1.165) is 11.3 Å². The number of nitrogens with two attached hydrogens (primary N) is 1. The number of carbonyl (C=O) groups is 1. The molecule has 0 spiro atoms. The summed E-state index contributed by atoms with van der Waals surface area (Å²) < 4.78 is 22.4. The van der Waals surface area contributed by atoms with Gasteiger partial charge in [0, 0.05) is 18.0 Å². The van der Waals surface area contributed by atoms with Crippen LogP contribution in [0.25, 0.3) is 0 Å². The first kappa shape index (κ1) is 14.5. The lowest BCUT2D eigenvalue weighted by Crippen LogP contribution is -2.26. The molecule has 3 N–H and O–H groups in total. The van der Waals surface area contributed by atoms with E-state index in [1.807, 2.05) is 12.1 Å². The maximum absolute atomic E-state index is 11.2. The van der Waals surface area contributed by atoms with Crippen LogP contribution in [0.15, 0.2) is 24.3 Å². The van der Waals surface area contributed by atoms with E-state index in [1.165, 1.54) is 6.26 Å². The van der Waals surface area contributed by atoms with Crippen molar-refractivity contribution < 1.29 is 13.2 Å². The average Bonchev–Trinajstić information content (AvgIpc) is 2.17. The number of rotatable bonds is 6. The Kier molecular flexibility index (Phi) is 4.72. The van der Waals surface area contributed by atoms with Crippen molar-refractivity contribution in [2.24, 2.45) is 5.73 Å². The summed E-state index contributed by atoms with van der Waals surface area (Å²) in [7, 11) is -3.03. The fourth-order valence-corrected chi connectivity index (χ4v) is 2.76. The van der Waals surface area contributed by atoms with Crippen LogP contribution >= 0.6 is 0 Å². The Hall–Kier alpha value is -1.56. The summed E-state index contributed by atoms with van der Waals surface area (Å²) in [6.07, 6.45) is 1.33. The minimum absolute atomic E-state index is 0.0396. The molecular formula is C12H18N2O3S. The van der Waals surface area contributed by atoms with Gasteiger partial charge in [0.15, 0.2) is 0 Å². The molecule has 0 bridgehead atoms. The van der Waals surface area contributed by atoms with Gasteiger partial charge < -0.3 is 11.1 Å². The molecule has 1 amide bonds. The van der Waals surface area contributed by atoms with Crippen LogP contribution in [0.4, 0.5) is 5.69 Å². The second-order valence-corrected chi connectivity index (χ2v) is 6.62. The first-order valence-electron chi connectivity index (χ1n) is 5.58. The van der Waals surface area contributed by atoms with E-state index >= 15 is 0 Å². The Balaban J connectivity index is 2.80. The molecule has 0 aliphatic carbocycles. The van der Waals surface area contributed by atoms with Crippen LogP contribution < -0.4 is 11.1 Å². The molecule has 1 unspecified atom stereocenters. The molecule has 100 valence electrons. The van der Waals surface area contributed by atoms with Crippen molar-refractivity contribution in [1.29, 1.82) is 0 Å². The second kappa shape index (κ2) is 5.86. The summed E-state index contributed by atoms with van der Waals surface area (Å²) >= 11 is 0. The number of primary amides is 1. The lowest BCUT2D eigenvalue weighted by molar-refractivity contribution is -0.117. The number of para-hydroxylation sites is 1. The highest BCUT2D eigenvalue weighted by atomic mass is 32.2. The second-order valence-electron chi connectivity index (χ2n) is 4.44. The summed E-state index contributed by atoms with van der Waals surface area (Å²) in [5.41, 5.74) is 6.68. The van der Waals surface area contributed by atoms with Crippen molar-refractivity contribution in [3.05, 3.63) is 29.8 Å². The van der Waals surface area contributed by atoms with Crippen LogP contribution in [-0.4, -0.2) is 32.4 Å². The van der Waals surface area contributed by atoms with E-state index in [-0.39, 0.29) is 18.2 Å². The number of hydrogen-bond donors (Lipinski definition) is 2. The normalized spacial score (nSPS) is 13.0. The third-order valence-electron chi connectivity index (χ3n) is 2.34. The summed E-state index contributed by atoms with van der Waals surface area (Å²) in [5.74, 6) is -0.377. The van der Waals surface area contributed by atoms with Gasteiger partial charge in [-0.15, -0.1) is 0 Å². The first-order valence-corrected chi connectivity index (χ1v) is 7.64. The number of benzene rings is 1. The van der Waals surface area contributed by atoms with Gasteiger partial charge in [-0.3, -0.25) is 4.79 Å². The molecular weight excluding hydrogens is 252 g/mol. The lowest BCUT2D eigenvalue weighted by Gasteiger charge is -2.16. The van der Waals surface area contributed by atoms with E-state index in [1.54, 1.807) is 19.1 Å². The van der Waals surface area contributed by atoms with Crippen molar-refractivity contribution in [1.82, 2.24) is 0 Å². The number of anilines is 1. The third-order valence-corrected chi connectivity index (χ3v) is 3.44. The van der Waals surface area contributed by atoms with Crippen molar-refractivity contribution in [3.63, 3.8) is 0 Å². The Labute approximate surface area is 107 Å². The first-order chi connectivity index (χ1) is 8.28. The quantitative estimate of drug-likeness (QED) is 0.790. The molecule has 0 saturated heterocycles. The zero-order valence-corrected chi connectivity index (χ0v) is 11.3. The predicted molar refractivity (Wildman–Crippen MR) is 72.1 cm³/mol. The van der Waals surface area contributed by atoms with E-state index in [0.29, 0.717) is 0 Å². The number of amides is 1. The summed E-state index contributed by atoms with van der Waals surface area (Å²) in [6, 6.07) is 7.00. The van der Waals surface area contributed by atoms with E-state index < -0.39 is 15.7 Å². The maximum atomic E-state index is 11.2. The molecule has 6 heteroatoms. The lowest BCUT2D eigenvalue weighted by atomic mass is 10.1. The minimum Gasteiger partial charge on any atom is -0.381 e. The van der Waals surface area contributed by atoms with Gasteiger partial charge in [-0.25, -0.2) is 8.42 Å². The smallest absolute Gasteiger partial charge is 0.221 e. The van der Waals surface area contributed by atoms with Crippen molar-refractivity contribution in [2.75, 3.05) is 17.3 Å². The molecule has 1 aromatic rings. The Morgan fingerprint density at radius 2 is 2.00 bits per heavy atom. The fraction of sp³-hybridized carbons (Fsp3) is 0.417. The molecule has 1 rings (SSSR count). The molecule has 1 atom stereocenters. The number of hydrogen-bond acceptors (Lipinski definition) is 4. The Morgan fingerprint density at radius 1 is 1.39 bits per heavy atom. The van der Waals surface area contributed by atoms with Gasteiger partial charge in [-0.05, 0) is 18.6 Å². The predicted octanol–water partition coefficient (Wildman–Crippen LogP) is 0.559.